The van der Waals surface area contributed by atoms with Crippen LogP contribution in [0.2, 0.25) is 0 Å². The Morgan fingerprint density at radius 1 is 1.39 bits per heavy atom. The molecule has 1 aromatic rings. The molecule has 0 saturated carbocycles. The summed E-state index contributed by atoms with van der Waals surface area (Å²) in [5.41, 5.74) is 1.40. The summed E-state index contributed by atoms with van der Waals surface area (Å²) in [5.74, 6) is 0.760. The quantitative estimate of drug-likeness (QED) is 0.596. The Morgan fingerprint density at radius 3 is 2.74 bits per heavy atom. The predicted molar refractivity (Wildman–Crippen MR) is 89.2 cm³/mol. The number of ether oxygens (including phenoxy) is 2. The van der Waals surface area contributed by atoms with Gasteiger partial charge >= 0.3 is 5.97 Å². The molecule has 23 heavy (non-hydrogen) atoms. The molecule has 0 spiro atoms. The summed E-state index contributed by atoms with van der Waals surface area (Å²) in [5, 5.41) is 0. The van der Waals surface area contributed by atoms with Crippen molar-refractivity contribution in [3.05, 3.63) is 23.8 Å². The minimum Gasteiger partial charge on any atom is -0.486 e. The molecule has 2 rings (SSSR count). The van der Waals surface area contributed by atoms with E-state index in [1.807, 2.05) is 18.7 Å². The molecule has 0 N–H and O–H groups in total. The van der Waals surface area contributed by atoms with Crippen molar-refractivity contribution < 1.29 is 19.1 Å². The maximum absolute atomic E-state index is 12.1. The molecular formula is C18H25NO4. The van der Waals surface area contributed by atoms with Crippen LogP contribution < -0.4 is 9.64 Å². The molecule has 1 unspecified atom stereocenters. The van der Waals surface area contributed by atoms with Gasteiger partial charge in [-0.05, 0) is 37.5 Å². The molecular weight excluding hydrogens is 294 g/mol. The van der Waals surface area contributed by atoms with Gasteiger partial charge in [-0.2, -0.15) is 0 Å². The second-order valence-electron chi connectivity index (χ2n) is 6.34. The minimum absolute atomic E-state index is 0.00671. The van der Waals surface area contributed by atoms with Crippen LogP contribution in [0.15, 0.2) is 18.2 Å². The number of carbonyl (C=O) groups excluding carboxylic acids is 2. The lowest BCUT2D eigenvalue weighted by Crippen LogP contribution is -2.43. The Hall–Kier alpha value is -2.04. The number of anilines is 1. The topological polar surface area (TPSA) is 55.8 Å². The van der Waals surface area contributed by atoms with Gasteiger partial charge < -0.3 is 14.4 Å². The molecule has 0 radical (unpaired) electrons. The molecule has 1 aromatic carbocycles. The van der Waals surface area contributed by atoms with Gasteiger partial charge in [-0.15, -0.1) is 0 Å². The molecule has 1 heterocycles. The average Bonchev–Trinajstić information content (AvgIpc) is 2.52. The van der Waals surface area contributed by atoms with Gasteiger partial charge in [0.05, 0.1) is 18.8 Å². The highest BCUT2D eigenvalue weighted by Crippen LogP contribution is 2.35. The van der Waals surface area contributed by atoms with Gasteiger partial charge in [0, 0.05) is 5.56 Å². The molecule has 1 atom stereocenters. The third kappa shape index (κ3) is 4.47. The Balaban J connectivity index is 2.20. The van der Waals surface area contributed by atoms with E-state index in [4.69, 9.17) is 9.47 Å². The first-order valence-corrected chi connectivity index (χ1v) is 8.13. The number of benzene rings is 1. The summed E-state index contributed by atoms with van der Waals surface area (Å²) in [7, 11) is 0. The summed E-state index contributed by atoms with van der Waals surface area (Å²) in [6.45, 7) is 8.78. The van der Waals surface area contributed by atoms with Crippen LogP contribution in [0.3, 0.4) is 0 Å². The lowest BCUT2D eigenvalue weighted by Gasteiger charge is -2.35. The molecule has 5 nitrogen and oxygen atoms in total. The maximum atomic E-state index is 12.1. The standard InChI is InChI=1S/C18H25NO4/c1-5-15-9-19(10-18(21)22-11-12(2)3)16-8-14(13(4)20)6-7-17(16)23-15/h6-8,12,15H,5,9-11H2,1-4H3. The van der Waals surface area contributed by atoms with Gasteiger partial charge in [-0.25, -0.2) is 0 Å². The second kappa shape index (κ2) is 7.49. The Morgan fingerprint density at radius 2 is 2.13 bits per heavy atom. The summed E-state index contributed by atoms with van der Waals surface area (Å²) in [6, 6.07) is 5.36. The Kier molecular flexibility index (Phi) is 5.64. The third-order valence-electron chi connectivity index (χ3n) is 3.78. The summed E-state index contributed by atoms with van der Waals surface area (Å²) in [4.78, 5) is 25.6. The molecule has 5 heteroatoms. The zero-order chi connectivity index (χ0) is 17.0. The Labute approximate surface area is 137 Å². The maximum Gasteiger partial charge on any atom is 0.325 e. The second-order valence-corrected chi connectivity index (χ2v) is 6.34. The van der Waals surface area contributed by atoms with Crippen molar-refractivity contribution in [3.63, 3.8) is 0 Å². The van der Waals surface area contributed by atoms with Crippen LogP contribution in [-0.2, 0) is 9.53 Å². The van der Waals surface area contributed by atoms with Gasteiger partial charge in [0.2, 0.25) is 0 Å². The van der Waals surface area contributed by atoms with Crippen LogP contribution in [0.4, 0.5) is 5.69 Å². The normalized spacial score (nSPS) is 16.7. The fourth-order valence-electron chi connectivity index (χ4n) is 2.47. The molecule has 1 aliphatic rings. The Bertz CT molecular complexity index is 582. The average molecular weight is 319 g/mol. The van der Waals surface area contributed by atoms with Crippen molar-refractivity contribution >= 4 is 17.4 Å². The van der Waals surface area contributed by atoms with E-state index in [9.17, 15) is 9.59 Å². The van der Waals surface area contributed by atoms with E-state index in [2.05, 4.69) is 6.92 Å². The number of hydrogen-bond donors (Lipinski definition) is 0. The van der Waals surface area contributed by atoms with E-state index >= 15 is 0 Å². The number of ketones is 1. The lowest BCUT2D eigenvalue weighted by molar-refractivity contribution is -0.143. The zero-order valence-corrected chi connectivity index (χ0v) is 14.3. The van der Waals surface area contributed by atoms with Crippen molar-refractivity contribution in [3.8, 4) is 5.75 Å². The van der Waals surface area contributed by atoms with Crippen molar-refractivity contribution in [2.75, 3.05) is 24.6 Å². The number of fused-ring (bicyclic) bond motifs is 1. The van der Waals surface area contributed by atoms with Crippen molar-refractivity contribution in [2.45, 2.75) is 40.2 Å². The predicted octanol–water partition coefficient (Wildman–Crippen LogP) is 3.07. The van der Waals surface area contributed by atoms with E-state index in [-0.39, 0.29) is 24.4 Å². The van der Waals surface area contributed by atoms with Crippen molar-refractivity contribution in [1.82, 2.24) is 0 Å². The number of Topliss-reactive ketones (excluding diaryl/α,β-unsaturated/α-hetero) is 1. The summed E-state index contributed by atoms with van der Waals surface area (Å²) >= 11 is 0. The molecule has 0 saturated heterocycles. The van der Waals surface area contributed by atoms with E-state index in [1.54, 1.807) is 18.2 Å². The fourth-order valence-corrected chi connectivity index (χ4v) is 2.47. The van der Waals surface area contributed by atoms with Gasteiger partial charge in [0.25, 0.3) is 0 Å². The monoisotopic (exact) mass is 319 g/mol. The van der Waals surface area contributed by atoms with Gasteiger partial charge in [0.1, 0.15) is 18.4 Å². The molecule has 0 bridgehead atoms. The fraction of sp³-hybridized carbons (Fsp3) is 0.556. The van der Waals surface area contributed by atoms with E-state index in [0.29, 0.717) is 30.4 Å². The molecule has 0 fully saturated rings. The third-order valence-corrected chi connectivity index (χ3v) is 3.78. The van der Waals surface area contributed by atoms with E-state index < -0.39 is 0 Å². The molecule has 0 aliphatic carbocycles. The smallest absolute Gasteiger partial charge is 0.325 e. The first-order valence-electron chi connectivity index (χ1n) is 8.13. The minimum atomic E-state index is -0.255. The van der Waals surface area contributed by atoms with Crippen LogP contribution >= 0.6 is 0 Å². The molecule has 0 aromatic heterocycles. The number of hydrogen-bond acceptors (Lipinski definition) is 5. The summed E-state index contributed by atoms with van der Waals surface area (Å²) < 4.78 is 11.2. The van der Waals surface area contributed by atoms with Gasteiger partial charge in [0.15, 0.2) is 5.78 Å². The largest absolute Gasteiger partial charge is 0.486 e. The van der Waals surface area contributed by atoms with Crippen LogP contribution in [-0.4, -0.2) is 37.6 Å². The van der Waals surface area contributed by atoms with Crippen LogP contribution in [0.25, 0.3) is 0 Å². The number of esters is 1. The number of rotatable bonds is 6. The first-order chi connectivity index (χ1) is 10.9. The van der Waals surface area contributed by atoms with Crippen molar-refractivity contribution in [2.24, 2.45) is 5.92 Å². The molecule has 126 valence electrons. The lowest BCUT2D eigenvalue weighted by atomic mass is 10.1. The van der Waals surface area contributed by atoms with Crippen LogP contribution in [0, 0.1) is 5.92 Å². The highest BCUT2D eigenvalue weighted by Gasteiger charge is 2.27. The number of carbonyl (C=O) groups is 2. The van der Waals surface area contributed by atoms with E-state index in [0.717, 1.165) is 12.1 Å². The van der Waals surface area contributed by atoms with Gasteiger partial charge in [-0.1, -0.05) is 20.8 Å². The van der Waals surface area contributed by atoms with Crippen LogP contribution in [0.5, 0.6) is 5.75 Å². The van der Waals surface area contributed by atoms with Gasteiger partial charge in [-0.3, -0.25) is 9.59 Å². The zero-order valence-electron chi connectivity index (χ0n) is 14.3. The number of nitrogens with zero attached hydrogens (tertiary/aromatic N) is 1. The highest BCUT2D eigenvalue weighted by molar-refractivity contribution is 5.95. The molecule has 1 aliphatic heterocycles. The first kappa shape index (κ1) is 17.3. The SMILES string of the molecule is CCC1CN(CC(=O)OCC(C)C)c2cc(C(C)=O)ccc2O1. The van der Waals surface area contributed by atoms with Crippen LogP contribution in [0.1, 0.15) is 44.5 Å². The summed E-state index contributed by atoms with van der Waals surface area (Å²) in [6.07, 6.45) is 0.884. The highest BCUT2D eigenvalue weighted by atomic mass is 16.5. The van der Waals surface area contributed by atoms with E-state index in [1.165, 1.54) is 6.92 Å². The molecule has 0 amide bonds. The van der Waals surface area contributed by atoms with Crippen molar-refractivity contribution in [1.29, 1.82) is 0 Å².